The monoisotopic (exact) mass is 297 g/mol. The van der Waals surface area contributed by atoms with Gasteiger partial charge in [-0.3, -0.25) is 4.68 Å². The van der Waals surface area contributed by atoms with Crippen molar-refractivity contribution in [2.24, 2.45) is 7.05 Å². The topological polar surface area (TPSA) is 64.0 Å². The van der Waals surface area contributed by atoms with E-state index in [0.717, 1.165) is 23.4 Å². The van der Waals surface area contributed by atoms with Crippen LogP contribution in [-0.2, 0) is 17.1 Å². The van der Waals surface area contributed by atoms with E-state index in [-0.39, 0.29) is 4.90 Å². The molecule has 0 saturated heterocycles. The van der Waals surface area contributed by atoms with Crippen LogP contribution in [0.4, 0.5) is 4.39 Å². The number of nitrogens with zero attached hydrogens (tertiary/aromatic N) is 2. The molecule has 20 heavy (non-hydrogen) atoms. The molecule has 1 N–H and O–H groups in total. The predicted octanol–water partition coefficient (Wildman–Crippen LogP) is 1.91. The summed E-state index contributed by atoms with van der Waals surface area (Å²) in [7, 11) is -1.91. The minimum Gasteiger partial charge on any atom is -0.275 e. The Morgan fingerprint density at radius 2 is 1.90 bits per heavy atom. The molecule has 2 rings (SSSR count). The summed E-state index contributed by atoms with van der Waals surface area (Å²) in [4.78, 5) is 0.0345. The standard InChI is InChI=1S/C13H16FN3O2S/c1-9-13(8-17(3)15-9)10(2)16-20(18,19)12-6-4-11(14)5-7-12/h4-8,10,16H,1-3H3. The molecule has 1 atom stereocenters. The van der Waals surface area contributed by atoms with E-state index in [1.165, 1.54) is 12.1 Å². The van der Waals surface area contributed by atoms with Gasteiger partial charge in [-0.15, -0.1) is 0 Å². The summed E-state index contributed by atoms with van der Waals surface area (Å²) >= 11 is 0. The molecule has 0 saturated carbocycles. The fourth-order valence-electron chi connectivity index (χ4n) is 2.02. The van der Waals surface area contributed by atoms with Gasteiger partial charge in [-0.2, -0.15) is 5.10 Å². The molecule has 0 radical (unpaired) electrons. The van der Waals surface area contributed by atoms with Crippen molar-refractivity contribution in [2.45, 2.75) is 24.8 Å². The first-order valence-corrected chi connectivity index (χ1v) is 7.56. The van der Waals surface area contributed by atoms with Gasteiger partial charge in [0.2, 0.25) is 10.0 Å². The SMILES string of the molecule is Cc1nn(C)cc1C(C)NS(=O)(=O)c1ccc(F)cc1. The van der Waals surface area contributed by atoms with Crippen molar-refractivity contribution < 1.29 is 12.8 Å². The molecule has 1 aromatic heterocycles. The highest BCUT2D eigenvalue weighted by atomic mass is 32.2. The van der Waals surface area contributed by atoms with Gasteiger partial charge < -0.3 is 0 Å². The zero-order chi connectivity index (χ0) is 14.9. The second-order valence-electron chi connectivity index (χ2n) is 4.64. The minimum atomic E-state index is -3.69. The first-order chi connectivity index (χ1) is 9.29. The van der Waals surface area contributed by atoms with Crippen molar-refractivity contribution in [2.75, 3.05) is 0 Å². The number of hydrogen-bond acceptors (Lipinski definition) is 3. The smallest absolute Gasteiger partial charge is 0.241 e. The molecule has 2 aromatic rings. The normalized spacial score (nSPS) is 13.4. The van der Waals surface area contributed by atoms with Crippen LogP contribution in [0.15, 0.2) is 35.4 Å². The molecular weight excluding hydrogens is 281 g/mol. The third-order valence-electron chi connectivity index (χ3n) is 2.97. The summed E-state index contributed by atoms with van der Waals surface area (Å²) in [5.74, 6) is -0.472. The van der Waals surface area contributed by atoms with Crippen LogP contribution in [0.25, 0.3) is 0 Å². The number of nitrogens with one attached hydrogen (secondary N) is 1. The van der Waals surface area contributed by atoms with Crippen LogP contribution in [-0.4, -0.2) is 18.2 Å². The molecule has 0 spiro atoms. The number of aromatic nitrogens is 2. The zero-order valence-electron chi connectivity index (χ0n) is 11.5. The number of hydrogen-bond donors (Lipinski definition) is 1. The summed E-state index contributed by atoms with van der Waals surface area (Å²) in [5.41, 5.74) is 1.57. The van der Waals surface area contributed by atoms with Crippen molar-refractivity contribution in [3.05, 3.63) is 47.5 Å². The van der Waals surface area contributed by atoms with Gasteiger partial charge in [0.05, 0.1) is 10.6 Å². The molecule has 0 fully saturated rings. The third-order valence-corrected chi connectivity index (χ3v) is 4.53. The van der Waals surface area contributed by atoms with Crippen LogP contribution < -0.4 is 4.72 Å². The average Bonchev–Trinajstić information content (AvgIpc) is 2.68. The molecule has 1 aromatic carbocycles. The molecule has 108 valence electrons. The number of aryl methyl sites for hydroxylation is 2. The number of benzene rings is 1. The van der Waals surface area contributed by atoms with Crippen LogP contribution >= 0.6 is 0 Å². The summed E-state index contributed by atoms with van der Waals surface area (Å²) in [6, 6.07) is 4.29. The Kier molecular flexibility index (Phi) is 3.92. The van der Waals surface area contributed by atoms with Crippen LogP contribution in [0, 0.1) is 12.7 Å². The fraction of sp³-hybridized carbons (Fsp3) is 0.308. The van der Waals surface area contributed by atoms with E-state index >= 15 is 0 Å². The summed E-state index contributed by atoms with van der Waals surface area (Å²) < 4.78 is 41.4. The highest BCUT2D eigenvalue weighted by Gasteiger charge is 2.20. The minimum absolute atomic E-state index is 0.0345. The van der Waals surface area contributed by atoms with Gasteiger partial charge in [0, 0.05) is 24.8 Å². The zero-order valence-corrected chi connectivity index (χ0v) is 12.3. The van der Waals surface area contributed by atoms with Crippen molar-refractivity contribution in [3.8, 4) is 0 Å². The maximum absolute atomic E-state index is 12.8. The first-order valence-electron chi connectivity index (χ1n) is 6.07. The van der Waals surface area contributed by atoms with E-state index in [9.17, 15) is 12.8 Å². The lowest BCUT2D eigenvalue weighted by Crippen LogP contribution is -2.27. The highest BCUT2D eigenvalue weighted by Crippen LogP contribution is 2.19. The van der Waals surface area contributed by atoms with Crippen molar-refractivity contribution in [1.82, 2.24) is 14.5 Å². The molecule has 0 bridgehead atoms. The van der Waals surface area contributed by atoms with Gasteiger partial charge in [-0.25, -0.2) is 17.5 Å². The molecule has 0 aliphatic heterocycles. The van der Waals surface area contributed by atoms with E-state index in [2.05, 4.69) is 9.82 Å². The van der Waals surface area contributed by atoms with Crippen molar-refractivity contribution in [3.63, 3.8) is 0 Å². The summed E-state index contributed by atoms with van der Waals surface area (Å²) in [6.45, 7) is 3.56. The molecule has 0 aliphatic carbocycles. The van der Waals surface area contributed by atoms with E-state index in [1.54, 1.807) is 24.9 Å². The van der Waals surface area contributed by atoms with Gasteiger partial charge in [0.1, 0.15) is 5.82 Å². The third kappa shape index (κ3) is 3.05. The van der Waals surface area contributed by atoms with E-state index in [0.29, 0.717) is 0 Å². The Labute approximate surface area is 117 Å². The lowest BCUT2D eigenvalue weighted by molar-refractivity contribution is 0.565. The van der Waals surface area contributed by atoms with Crippen LogP contribution in [0.2, 0.25) is 0 Å². The Morgan fingerprint density at radius 1 is 1.30 bits per heavy atom. The predicted molar refractivity (Wildman–Crippen MR) is 73.1 cm³/mol. The quantitative estimate of drug-likeness (QED) is 0.937. The molecule has 0 amide bonds. The van der Waals surface area contributed by atoms with Crippen LogP contribution in [0.5, 0.6) is 0 Å². The molecule has 7 heteroatoms. The number of sulfonamides is 1. The largest absolute Gasteiger partial charge is 0.275 e. The van der Waals surface area contributed by atoms with Gasteiger partial charge in [0.25, 0.3) is 0 Å². The number of halogens is 1. The van der Waals surface area contributed by atoms with E-state index in [1.807, 2.05) is 6.92 Å². The summed E-state index contributed by atoms with van der Waals surface area (Å²) in [6.07, 6.45) is 1.77. The van der Waals surface area contributed by atoms with E-state index < -0.39 is 21.9 Å². The maximum atomic E-state index is 12.8. The average molecular weight is 297 g/mol. The Hall–Kier alpha value is -1.73. The molecule has 1 heterocycles. The second-order valence-corrected chi connectivity index (χ2v) is 6.35. The molecule has 1 unspecified atom stereocenters. The van der Waals surface area contributed by atoms with E-state index in [4.69, 9.17) is 0 Å². The van der Waals surface area contributed by atoms with Gasteiger partial charge >= 0.3 is 0 Å². The van der Waals surface area contributed by atoms with Crippen molar-refractivity contribution >= 4 is 10.0 Å². The maximum Gasteiger partial charge on any atom is 0.241 e. The summed E-state index contributed by atoms with van der Waals surface area (Å²) in [5, 5.41) is 4.18. The van der Waals surface area contributed by atoms with Gasteiger partial charge in [-0.1, -0.05) is 0 Å². The first kappa shape index (κ1) is 14.7. The highest BCUT2D eigenvalue weighted by molar-refractivity contribution is 7.89. The van der Waals surface area contributed by atoms with Gasteiger partial charge in [0.15, 0.2) is 0 Å². The Bertz CT molecular complexity index is 708. The molecular formula is C13H16FN3O2S. The van der Waals surface area contributed by atoms with Crippen LogP contribution in [0.1, 0.15) is 24.2 Å². The fourth-order valence-corrected chi connectivity index (χ4v) is 3.24. The Balaban J connectivity index is 2.24. The lowest BCUT2D eigenvalue weighted by Gasteiger charge is -2.13. The van der Waals surface area contributed by atoms with Crippen molar-refractivity contribution in [1.29, 1.82) is 0 Å². The molecule has 5 nitrogen and oxygen atoms in total. The lowest BCUT2D eigenvalue weighted by atomic mass is 10.1. The van der Waals surface area contributed by atoms with Gasteiger partial charge in [-0.05, 0) is 38.1 Å². The van der Waals surface area contributed by atoms with Crippen LogP contribution in [0.3, 0.4) is 0 Å². The Morgan fingerprint density at radius 3 is 2.40 bits per heavy atom. The molecule has 0 aliphatic rings. The second kappa shape index (κ2) is 5.34. The number of rotatable bonds is 4.